The minimum atomic E-state index is -0.259. The van der Waals surface area contributed by atoms with Gasteiger partial charge < -0.3 is 14.2 Å². The van der Waals surface area contributed by atoms with E-state index in [9.17, 15) is 0 Å². The molecule has 0 aromatic rings. The first-order valence-electron chi connectivity index (χ1n) is 7.47. The van der Waals surface area contributed by atoms with Gasteiger partial charge in [0, 0.05) is 12.3 Å². The van der Waals surface area contributed by atoms with Crippen molar-refractivity contribution in [3.05, 3.63) is 0 Å². The van der Waals surface area contributed by atoms with Gasteiger partial charge in [0.25, 0.3) is 0 Å². The molecule has 3 heteroatoms. The molecule has 2 saturated heterocycles. The molecule has 4 aliphatic rings. The van der Waals surface area contributed by atoms with Crippen molar-refractivity contribution in [1.29, 1.82) is 0 Å². The van der Waals surface area contributed by atoms with E-state index in [0.717, 1.165) is 26.2 Å². The Bertz CT molecular complexity index is 353. The summed E-state index contributed by atoms with van der Waals surface area (Å²) in [5.41, 5.74) is 0.586. The quantitative estimate of drug-likeness (QED) is 0.621. The summed E-state index contributed by atoms with van der Waals surface area (Å²) in [6.07, 6.45) is 6.03. The second-order valence-electron chi connectivity index (χ2n) is 7.48. The van der Waals surface area contributed by atoms with Crippen LogP contribution in [0.4, 0.5) is 0 Å². The van der Waals surface area contributed by atoms with Crippen LogP contribution in [0.25, 0.3) is 0 Å². The van der Waals surface area contributed by atoms with Crippen LogP contribution in [0.15, 0.2) is 0 Å². The van der Waals surface area contributed by atoms with Crippen LogP contribution in [-0.4, -0.2) is 31.2 Å². The monoisotopic (exact) mass is 252 g/mol. The molecule has 102 valence electrons. The zero-order valence-corrected chi connectivity index (χ0v) is 11.5. The van der Waals surface area contributed by atoms with Gasteiger partial charge in [0.15, 0.2) is 5.79 Å². The van der Waals surface area contributed by atoms with Gasteiger partial charge in [-0.2, -0.15) is 0 Å². The van der Waals surface area contributed by atoms with Gasteiger partial charge in [-0.3, -0.25) is 0 Å². The van der Waals surface area contributed by atoms with Gasteiger partial charge in [0.1, 0.15) is 0 Å². The highest BCUT2D eigenvalue weighted by molar-refractivity contribution is 5.11. The molecule has 2 spiro atoms. The number of fused-ring (bicyclic) bond motifs is 3. The summed E-state index contributed by atoms with van der Waals surface area (Å²) in [5, 5.41) is 0. The Balaban J connectivity index is 1.70. The average molecular weight is 252 g/mol. The average Bonchev–Trinajstić information content (AvgIpc) is 2.87. The third-order valence-electron chi connectivity index (χ3n) is 5.82. The molecule has 2 aliphatic carbocycles. The summed E-state index contributed by atoms with van der Waals surface area (Å²) < 4.78 is 18.0. The Morgan fingerprint density at radius 1 is 0.889 bits per heavy atom. The molecule has 3 unspecified atom stereocenters. The highest BCUT2D eigenvalue weighted by Crippen LogP contribution is 2.61. The molecule has 3 atom stereocenters. The maximum atomic E-state index is 6.06. The van der Waals surface area contributed by atoms with Crippen LogP contribution in [0.5, 0.6) is 0 Å². The number of rotatable bonds is 0. The van der Waals surface area contributed by atoms with Crippen LogP contribution in [0.3, 0.4) is 0 Å². The van der Waals surface area contributed by atoms with E-state index in [4.69, 9.17) is 14.2 Å². The van der Waals surface area contributed by atoms with Gasteiger partial charge in [0.05, 0.1) is 25.4 Å². The largest absolute Gasteiger partial charge is 0.369 e. The van der Waals surface area contributed by atoms with Crippen LogP contribution in [0.2, 0.25) is 0 Å². The lowest BCUT2D eigenvalue weighted by Gasteiger charge is -2.36. The van der Waals surface area contributed by atoms with Gasteiger partial charge in [-0.25, -0.2) is 0 Å². The number of ether oxygens (including phenoxy) is 3. The van der Waals surface area contributed by atoms with Crippen LogP contribution in [0.1, 0.15) is 46.0 Å². The van der Waals surface area contributed by atoms with Gasteiger partial charge in [0.2, 0.25) is 0 Å². The second kappa shape index (κ2) is 3.50. The van der Waals surface area contributed by atoms with Crippen molar-refractivity contribution in [3.63, 3.8) is 0 Å². The molecule has 18 heavy (non-hydrogen) atoms. The van der Waals surface area contributed by atoms with Crippen LogP contribution < -0.4 is 0 Å². The molecule has 0 aromatic carbocycles. The molecule has 3 nitrogen and oxygen atoms in total. The van der Waals surface area contributed by atoms with Crippen molar-refractivity contribution in [2.75, 3.05) is 19.8 Å². The van der Waals surface area contributed by atoms with Gasteiger partial charge in [-0.1, -0.05) is 13.8 Å². The molecule has 4 fully saturated rings. The van der Waals surface area contributed by atoms with E-state index in [1.807, 2.05) is 0 Å². The van der Waals surface area contributed by atoms with Crippen molar-refractivity contribution in [2.24, 2.45) is 17.3 Å². The fourth-order valence-electron chi connectivity index (χ4n) is 4.69. The van der Waals surface area contributed by atoms with E-state index in [1.165, 1.54) is 25.7 Å². The first kappa shape index (κ1) is 11.7. The summed E-state index contributed by atoms with van der Waals surface area (Å²) in [5.74, 6) is 0.947. The third-order valence-corrected chi connectivity index (χ3v) is 5.82. The number of hydrogen-bond acceptors (Lipinski definition) is 3. The van der Waals surface area contributed by atoms with Crippen molar-refractivity contribution in [3.8, 4) is 0 Å². The van der Waals surface area contributed by atoms with Crippen LogP contribution >= 0.6 is 0 Å². The lowest BCUT2D eigenvalue weighted by Crippen LogP contribution is -2.40. The lowest BCUT2D eigenvalue weighted by molar-refractivity contribution is -0.193. The minimum absolute atomic E-state index is 0.192. The molecular formula is C15H24O3. The molecule has 0 aromatic heterocycles. The predicted octanol–water partition coefficient (Wildman–Crippen LogP) is 2.73. The van der Waals surface area contributed by atoms with E-state index in [1.54, 1.807) is 0 Å². The summed E-state index contributed by atoms with van der Waals surface area (Å²) in [7, 11) is 0. The second-order valence-corrected chi connectivity index (χ2v) is 7.48. The first-order chi connectivity index (χ1) is 8.56. The van der Waals surface area contributed by atoms with Gasteiger partial charge >= 0.3 is 0 Å². The standard InChI is InChI=1S/C15H24O3/c1-13(2)5-6-14(10-18-14)11-3-4-15(12(11)9-13)16-7-8-17-15/h11-12H,3-10H2,1-2H3. The Morgan fingerprint density at radius 3 is 2.28 bits per heavy atom. The third kappa shape index (κ3) is 1.53. The lowest BCUT2D eigenvalue weighted by atomic mass is 9.77. The maximum Gasteiger partial charge on any atom is 0.171 e. The van der Waals surface area contributed by atoms with Crippen molar-refractivity contribution in [1.82, 2.24) is 0 Å². The zero-order valence-electron chi connectivity index (χ0n) is 11.5. The van der Waals surface area contributed by atoms with Gasteiger partial charge in [-0.15, -0.1) is 0 Å². The summed E-state index contributed by atoms with van der Waals surface area (Å²) in [4.78, 5) is 0. The fraction of sp³-hybridized carbons (Fsp3) is 1.00. The van der Waals surface area contributed by atoms with E-state index in [2.05, 4.69) is 13.8 Å². The summed E-state index contributed by atoms with van der Waals surface area (Å²) >= 11 is 0. The number of epoxide rings is 1. The van der Waals surface area contributed by atoms with E-state index in [-0.39, 0.29) is 11.4 Å². The fourth-order valence-corrected chi connectivity index (χ4v) is 4.69. The molecular weight excluding hydrogens is 228 g/mol. The smallest absolute Gasteiger partial charge is 0.171 e. The molecule has 0 amide bonds. The zero-order chi connectivity index (χ0) is 12.4. The molecule has 0 bridgehead atoms. The Morgan fingerprint density at radius 2 is 1.61 bits per heavy atom. The molecule has 0 N–H and O–H groups in total. The minimum Gasteiger partial charge on any atom is -0.369 e. The molecule has 2 heterocycles. The molecule has 4 rings (SSSR count). The Kier molecular flexibility index (Phi) is 2.27. The molecule has 2 saturated carbocycles. The molecule has 2 aliphatic heterocycles. The van der Waals surface area contributed by atoms with Crippen molar-refractivity contribution >= 4 is 0 Å². The topological polar surface area (TPSA) is 31.0 Å². The first-order valence-corrected chi connectivity index (χ1v) is 7.47. The van der Waals surface area contributed by atoms with Crippen molar-refractivity contribution in [2.45, 2.75) is 57.3 Å². The van der Waals surface area contributed by atoms with Crippen LogP contribution in [0, 0.1) is 17.3 Å². The maximum absolute atomic E-state index is 6.06. The highest BCUT2D eigenvalue weighted by Gasteiger charge is 2.65. The SMILES string of the molecule is CC1(C)CCC2(CO2)C2CCC3(OCCO3)C2C1. The summed E-state index contributed by atoms with van der Waals surface area (Å²) in [6.45, 7) is 7.31. The van der Waals surface area contributed by atoms with Crippen molar-refractivity contribution < 1.29 is 14.2 Å². The summed E-state index contributed by atoms with van der Waals surface area (Å²) in [6, 6.07) is 0. The van der Waals surface area contributed by atoms with E-state index < -0.39 is 0 Å². The van der Waals surface area contributed by atoms with E-state index >= 15 is 0 Å². The Labute approximate surface area is 109 Å². The van der Waals surface area contributed by atoms with Crippen LogP contribution in [-0.2, 0) is 14.2 Å². The predicted molar refractivity (Wildman–Crippen MR) is 67.2 cm³/mol. The van der Waals surface area contributed by atoms with Gasteiger partial charge in [-0.05, 0) is 37.0 Å². The molecule has 0 radical (unpaired) electrons. The van der Waals surface area contributed by atoms with E-state index in [0.29, 0.717) is 17.3 Å². The number of hydrogen-bond donors (Lipinski definition) is 0. The normalized spacial score (nSPS) is 48.3. The highest BCUT2D eigenvalue weighted by atomic mass is 16.7. The Hall–Kier alpha value is -0.120.